The molecule has 0 unspecified atom stereocenters. The molecule has 2 N–H and O–H groups in total. The van der Waals surface area contributed by atoms with Crippen molar-refractivity contribution in [1.29, 1.82) is 0 Å². The zero-order chi connectivity index (χ0) is 23.9. The van der Waals surface area contributed by atoms with E-state index in [-0.39, 0.29) is 29.8 Å². The maximum atomic E-state index is 13.3. The molecule has 2 aromatic rings. The third kappa shape index (κ3) is 2.94. The largest absolute Gasteiger partial charge is 0.504 e. The number of aromatic hydroxyl groups is 1. The van der Waals surface area contributed by atoms with E-state index in [1.807, 2.05) is 24.1 Å². The van der Waals surface area contributed by atoms with Gasteiger partial charge in [-0.1, -0.05) is 6.07 Å². The molecular formula is C28H34N2O5. The molecule has 0 radical (unpaired) electrons. The molecule has 7 rings (SSSR count). The van der Waals surface area contributed by atoms with E-state index in [1.165, 1.54) is 18.4 Å². The number of amides is 1. The smallest absolute Gasteiger partial charge is 0.223 e. The van der Waals surface area contributed by atoms with Gasteiger partial charge in [-0.25, -0.2) is 0 Å². The monoisotopic (exact) mass is 478 g/mol. The Labute approximate surface area is 205 Å². The number of phenolic OH excluding ortho intramolecular Hbond substituents is 1. The first-order valence-corrected chi connectivity index (χ1v) is 13.2. The fourth-order valence-electron chi connectivity index (χ4n) is 7.90. The predicted octanol–water partition coefficient (Wildman–Crippen LogP) is 3.01. The van der Waals surface area contributed by atoms with Crippen molar-refractivity contribution >= 4 is 5.91 Å². The van der Waals surface area contributed by atoms with E-state index in [0.29, 0.717) is 31.4 Å². The van der Waals surface area contributed by atoms with Crippen LogP contribution in [0.25, 0.3) is 0 Å². The summed E-state index contributed by atoms with van der Waals surface area (Å²) in [6.45, 7) is 1.98. The number of nitrogens with zero attached hydrogens (tertiary/aromatic N) is 2. The van der Waals surface area contributed by atoms with Crippen molar-refractivity contribution in [1.82, 2.24) is 9.80 Å². The minimum absolute atomic E-state index is 0.0500. The summed E-state index contributed by atoms with van der Waals surface area (Å²) in [6, 6.07) is 5.56. The Bertz CT molecular complexity index is 1160. The van der Waals surface area contributed by atoms with Gasteiger partial charge in [-0.2, -0.15) is 0 Å². The standard InChI is InChI=1S/C28H34N2O5/c1-29(23(32)7-4-18-9-13-34-16-18)20-8-10-28(33)22-14-19-5-6-21(31)25-24(19)27(28,26(20)35-25)11-12-30(22)15-17-2-3-17/h5-6,9,13,16-17,20,22,26,31,33H,2-4,7-8,10-12,14-15H2,1H3/t20-,22-,26+,27+,28-/m1/s1. The van der Waals surface area contributed by atoms with Gasteiger partial charge in [0.15, 0.2) is 11.5 Å². The van der Waals surface area contributed by atoms with Gasteiger partial charge in [0.1, 0.15) is 6.10 Å². The Balaban J connectivity index is 1.25. The molecular weight excluding hydrogens is 444 g/mol. The van der Waals surface area contributed by atoms with E-state index in [2.05, 4.69) is 4.90 Å². The number of piperidine rings is 1. The van der Waals surface area contributed by atoms with E-state index < -0.39 is 11.0 Å². The van der Waals surface area contributed by atoms with Gasteiger partial charge in [0, 0.05) is 31.6 Å². The zero-order valence-electron chi connectivity index (χ0n) is 20.3. The van der Waals surface area contributed by atoms with Crippen molar-refractivity contribution in [3.05, 3.63) is 47.4 Å². The Kier molecular flexibility index (Phi) is 4.66. The van der Waals surface area contributed by atoms with Crippen molar-refractivity contribution in [3.63, 3.8) is 0 Å². The summed E-state index contributed by atoms with van der Waals surface area (Å²) in [4.78, 5) is 17.7. The summed E-state index contributed by atoms with van der Waals surface area (Å²) < 4.78 is 11.7. The number of rotatable bonds is 6. The minimum atomic E-state index is -0.923. The molecule has 35 heavy (non-hydrogen) atoms. The number of phenols is 1. The number of likely N-dealkylation sites (tertiary alicyclic amines) is 1. The number of hydrogen-bond donors (Lipinski definition) is 2. The Morgan fingerprint density at radius 3 is 2.86 bits per heavy atom. The average Bonchev–Trinajstić information content (AvgIpc) is 3.36. The lowest BCUT2D eigenvalue weighted by Gasteiger charge is -2.64. The second kappa shape index (κ2) is 7.50. The number of hydrogen-bond acceptors (Lipinski definition) is 6. The molecule has 1 spiro atoms. The molecule has 5 atom stereocenters. The van der Waals surface area contributed by atoms with Crippen LogP contribution in [0.5, 0.6) is 11.5 Å². The number of aliphatic hydroxyl groups is 1. The number of furan rings is 1. The molecule has 186 valence electrons. The molecule has 2 aliphatic heterocycles. The first-order valence-electron chi connectivity index (χ1n) is 13.2. The summed E-state index contributed by atoms with van der Waals surface area (Å²) in [6.07, 6.45) is 9.47. The fraction of sp³-hybridized carbons (Fsp3) is 0.607. The molecule has 1 amide bonds. The van der Waals surface area contributed by atoms with Crippen LogP contribution in [0.1, 0.15) is 55.2 Å². The lowest BCUT2D eigenvalue weighted by Crippen LogP contribution is -2.78. The molecule has 3 heterocycles. The number of benzene rings is 1. The van der Waals surface area contributed by atoms with Crippen molar-refractivity contribution in [3.8, 4) is 11.5 Å². The molecule has 3 fully saturated rings. The number of carbonyl (C=O) groups is 1. The van der Waals surface area contributed by atoms with E-state index >= 15 is 0 Å². The van der Waals surface area contributed by atoms with Gasteiger partial charge >= 0.3 is 0 Å². The van der Waals surface area contributed by atoms with Crippen LogP contribution in [0.2, 0.25) is 0 Å². The number of likely N-dealkylation sites (N-methyl/N-ethyl adjacent to an activating group) is 1. The first kappa shape index (κ1) is 21.7. The molecule has 7 heteroatoms. The Hall–Kier alpha value is -2.51. The third-order valence-electron chi connectivity index (χ3n) is 9.83. The van der Waals surface area contributed by atoms with E-state index in [4.69, 9.17) is 9.15 Å². The SMILES string of the molecule is CN(C(=O)CCc1ccoc1)[C@@H]1CC[C@@]2(O)[C@H]3Cc4ccc(O)c5c4[C@@]2(CCN3CC2CC2)[C@H]1O5. The summed E-state index contributed by atoms with van der Waals surface area (Å²) in [7, 11) is 1.87. The van der Waals surface area contributed by atoms with E-state index in [1.54, 1.807) is 18.6 Å². The lowest BCUT2D eigenvalue weighted by molar-refractivity contribution is -0.200. The molecule has 2 saturated carbocycles. The fourth-order valence-corrected chi connectivity index (χ4v) is 7.90. The highest BCUT2D eigenvalue weighted by Gasteiger charge is 2.73. The zero-order valence-corrected chi connectivity index (χ0v) is 20.3. The van der Waals surface area contributed by atoms with Crippen molar-refractivity contribution in [2.24, 2.45) is 5.92 Å². The van der Waals surface area contributed by atoms with Crippen LogP contribution in [0.4, 0.5) is 0 Å². The Morgan fingerprint density at radius 2 is 2.09 bits per heavy atom. The molecule has 7 nitrogen and oxygen atoms in total. The van der Waals surface area contributed by atoms with Crippen LogP contribution >= 0.6 is 0 Å². The third-order valence-corrected chi connectivity index (χ3v) is 9.83. The summed E-state index contributed by atoms with van der Waals surface area (Å²) in [5.74, 6) is 1.50. The molecule has 3 aliphatic carbocycles. The van der Waals surface area contributed by atoms with Crippen molar-refractivity contribution < 1.29 is 24.2 Å². The summed E-state index contributed by atoms with van der Waals surface area (Å²) in [5, 5.41) is 23.3. The second-order valence-corrected chi connectivity index (χ2v) is 11.5. The van der Waals surface area contributed by atoms with Crippen molar-refractivity contribution in [2.75, 3.05) is 20.1 Å². The van der Waals surface area contributed by atoms with Crippen LogP contribution in [0.3, 0.4) is 0 Å². The number of carbonyl (C=O) groups excluding carboxylic acids is 1. The highest BCUT2D eigenvalue weighted by molar-refractivity contribution is 5.77. The van der Waals surface area contributed by atoms with E-state index in [9.17, 15) is 15.0 Å². The molecule has 2 bridgehead atoms. The van der Waals surface area contributed by atoms with E-state index in [0.717, 1.165) is 43.0 Å². The summed E-state index contributed by atoms with van der Waals surface area (Å²) in [5.41, 5.74) is 1.69. The second-order valence-electron chi connectivity index (χ2n) is 11.5. The van der Waals surface area contributed by atoms with Gasteiger partial charge in [-0.15, -0.1) is 0 Å². The van der Waals surface area contributed by atoms with Crippen LogP contribution in [-0.4, -0.2) is 69.8 Å². The van der Waals surface area contributed by atoms with Gasteiger partial charge in [0.05, 0.1) is 29.6 Å². The molecule has 1 aromatic heterocycles. The van der Waals surface area contributed by atoms with Gasteiger partial charge in [-0.05, 0) is 80.7 Å². The van der Waals surface area contributed by atoms with Gasteiger partial charge in [0.2, 0.25) is 5.91 Å². The topological polar surface area (TPSA) is 86.4 Å². The molecule has 5 aliphatic rings. The number of ether oxygens (including phenoxy) is 1. The summed E-state index contributed by atoms with van der Waals surface area (Å²) >= 11 is 0. The van der Waals surface area contributed by atoms with Gasteiger partial charge in [0.25, 0.3) is 0 Å². The van der Waals surface area contributed by atoms with Gasteiger partial charge < -0.3 is 24.3 Å². The maximum absolute atomic E-state index is 13.3. The lowest BCUT2D eigenvalue weighted by atomic mass is 9.48. The predicted molar refractivity (Wildman–Crippen MR) is 128 cm³/mol. The minimum Gasteiger partial charge on any atom is -0.504 e. The molecule has 1 aromatic carbocycles. The van der Waals surface area contributed by atoms with Crippen LogP contribution in [0, 0.1) is 5.92 Å². The molecule has 1 saturated heterocycles. The maximum Gasteiger partial charge on any atom is 0.223 e. The normalized spacial score (nSPS) is 34.9. The average molecular weight is 479 g/mol. The first-order chi connectivity index (χ1) is 16.9. The highest BCUT2D eigenvalue weighted by atomic mass is 16.5. The van der Waals surface area contributed by atoms with Crippen LogP contribution < -0.4 is 4.74 Å². The van der Waals surface area contributed by atoms with Crippen LogP contribution in [-0.2, 0) is 23.1 Å². The highest BCUT2D eigenvalue weighted by Crippen LogP contribution is 2.66. The van der Waals surface area contributed by atoms with Crippen LogP contribution in [0.15, 0.2) is 35.1 Å². The quantitative estimate of drug-likeness (QED) is 0.664. The Morgan fingerprint density at radius 1 is 1.23 bits per heavy atom. The van der Waals surface area contributed by atoms with Crippen molar-refractivity contribution in [2.45, 2.75) is 80.6 Å². The number of aryl methyl sites for hydroxylation is 1. The van der Waals surface area contributed by atoms with Gasteiger partial charge in [-0.3, -0.25) is 9.69 Å².